The third kappa shape index (κ3) is 17.4. The molecule has 0 bridgehead atoms. The number of hydrogen-bond donors (Lipinski definition) is 1. The van der Waals surface area contributed by atoms with E-state index in [0.717, 1.165) is 13.0 Å². The lowest BCUT2D eigenvalue weighted by Gasteiger charge is -2.27. The van der Waals surface area contributed by atoms with Crippen LogP contribution < -0.4 is 0 Å². The van der Waals surface area contributed by atoms with Gasteiger partial charge >= 0.3 is 5.97 Å². The van der Waals surface area contributed by atoms with Crippen molar-refractivity contribution in [3.05, 3.63) is 0 Å². The quantitative estimate of drug-likeness (QED) is 0.352. The number of nitrogens with zero attached hydrogens (tertiary/aromatic N) is 1. The Labute approximate surface area is 137 Å². The Balaban J connectivity index is 0. The van der Waals surface area contributed by atoms with E-state index in [-0.39, 0.29) is 12.0 Å². The molecule has 0 aromatic heterocycles. The van der Waals surface area contributed by atoms with Gasteiger partial charge in [-0.05, 0) is 12.8 Å². The van der Waals surface area contributed by atoms with Gasteiger partial charge in [-0.3, -0.25) is 0 Å². The van der Waals surface area contributed by atoms with E-state index in [1.54, 1.807) is 0 Å². The monoisotopic (exact) mass is 317 g/mol. The van der Waals surface area contributed by atoms with E-state index in [0.29, 0.717) is 4.48 Å². The fraction of sp³-hybridized carbons (Fsp3) is 0.944. The van der Waals surface area contributed by atoms with Crippen LogP contribution in [0.5, 0.6) is 0 Å². The summed E-state index contributed by atoms with van der Waals surface area (Å²) in [6, 6.07) is 0. The van der Waals surface area contributed by atoms with Crippen LogP contribution in [-0.4, -0.2) is 48.2 Å². The molecule has 0 fully saturated rings. The van der Waals surface area contributed by atoms with Gasteiger partial charge in [0.05, 0.1) is 20.6 Å². The molecule has 0 radical (unpaired) electrons. The van der Waals surface area contributed by atoms with Gasteiger partial charge in [0.15, 0.2) is 6.54 Å². The molecule has 0 atom stereocenters. The van der Waals surface area contributed by atoms with Gasteiger partial charge in [-0.25, -0.2) is 4.79 Å². The first-order chi connectivity index (χ1) is 9.98. The van der Waals surface area contributed by atoms with Gasteiger partial charge in [0.25, 0.3) is 0 Å². The van der Waals surface area contributed by atoms with E-state index in [1.165, 1.54) is 70.6 Å². The van der Waals surface area contributed by atoms with Crippen LogP contribution in [0.1, 0.15) is 84.0 Å². The summed E-state index contributed by atoms with van der Waals surface area (Å²) in [6.45, 7) is 3.48. The minimum atomic E-state index is -0.695. The molecular formula is C18H39NO3. The van der Waals surface area contributed by atoms with Gasteiger partial charge in [0, 0.05) is 0 Å². The molecule has 2 N–H and O–H groups in total. The number of likely N-dealkylation sites (N-methyl/N-ethyl adjacent to an activating group) is 1. The highest BCUT2D eigenvalue weighted by atomic mass is 16.4. The molecule has 0 unspecified atom stereocenters. The van der Waals surface area contributed by atoms with Crippen molar-refractivity contribution in [2.75, 3.05) is 27.2 Å². The third-order valence-electron chi connectivity index (χ3n) is 4.18. The van der Waals surface area contributed by atoms with Crippen LogP contribution >= 0.6 is 0 Å². The summed E-state index contributed by atoms with van der Waals surface area (Å²) in [5.41, 5.74) is 0. The highest BCUT2D eigenvalue weighted by Gasteiger charge is 2.18. The van der Waals surface area contributed by atoms with E-state index < -0.39 is 5.97 Å². The maximum Gasteiger partial charge on any atom is 0.359 e. The van der Waals surface area contributed by atoms with E-state index in [2.05, 4.69) is 6.92 Å². The normalized spacial score (nSPS) is 11.2. The van der Waals surface area contributed by atoms with Crippen LogP contribution in [0.2, 0.25) is 0 Å². The third-order valence-corrected chi connectivity index (χ3v) is 4.18. The Morgan fingerprint density at radius 1 is 0.773 bits per heavy atom. The summed E-state index contributed by atoms with van der Waals surface area (Å²) < 4.78 is 0.604. The van der Waals surface area contributed by atoms with Crippen molar-refractivity contribution in [3.8, 4) is 0 Å². The lowest BCUT2D eigenvalue weighted by molar-refractivity contribution is -0.883. The largest absolute Gasteiger partial charge is 0.870 e. The molecule has 0 amide bonds. The molecule has 0 heterocycles. The molecule has 134 valence electrons. The first kappa shape index (κ1) is 23.7. The van der Waals surface area contributed by atoms with Crippen molar-refractivity contribution in [1.29, 1.82) is 0 Å². The van der Waals surface area contributed by atoms with Crippen molar-refractivity contribution in [2.45, 2.75) is 84.0 Å². The van der Waals surface area contributed by atoms with Crippen LogP contribution in [-0.2, 0) is 4.79 Å². The van der Waals surface area contributed by atoms with E-state index in [9.17, 15) is 4.79 Å². The van der Waals surface area contributed by atoms with Crippen LogP contribution in [0.15, 0.2) is 0 Å². The topological polar surface area (TPSA) is 67.3 Å². The maximum atomic E-state index is 10.7. The van der Waals surface area contributed by atoms with Gasteiger partial charge in [-0.2, -0.15) is 0 Å². The Bertz CT molecular complexity index is 255. The Morgan fingerprint density at radius 3 is 1.50 bits per heavy atom. The van der Waals surface area contributed by atoms with E-state index in [1.807, 2.05) is 14.1 Å². The van der Waals surface area contributed by atoms with E-state index in [4.69, 9.17) is 5.11 Å². The molecule has 0 rings (SSSR count). The molecule has 0 spiro atoms. The first-order valence-electron chi connectivity index (χ1n) is 9.02. The lowest BCUT2D eigenvalue weighted by atomic mass is 10.1. The summed E-state index contributed by atoms with van der Waals surface area (Å²) in [7, 11) is 4.01. The van der Waals surface area contributed by atoms with Crippen molar-refractivity contribution >= 4 is 5.97 Å². The number of aliphatic carboxylic acids is 1. The van der Waals surface area contributed by atoms with Gasteiger partial charge in [-0.1, -0.05) is 71.1 Å². The highest BCUT2D eigenvalue weighted by molar-refractivity contribution is 5.67. The molecule has 0 saturated heterocycles. The van der Waals surface area contributed by atoms with Gasteiger partial charge in [0.2, 0.25) is 0 Å². The molecule has 0 aliphatic carbocycles. The molecule has 0 aromatic carbocycles. The number of carbonyl (C=O) groups is 1. The SMILES string of the molecule is CCCCCCCCCCCCCC[N+](C)(C)CC(=O)O.[OH-]. The summed E-state index contributed by atoms with van der Waals surface area (Å²) in [6.07, 6.45) is 16.2. The zero-order valence-corrected chi connectivity index (χ0v) is 15.1. The van der Waals surface area contributed by atoms with Crippen molar-refractivity contribution in [3.63, 3.8) is 0 Å². The molecule has 0 aliphatic rings. The second-order valence-electron chi connectivity index (χ2n) is 7.10. The van der Waals surface area contributed by atoms with Crippen LogP contribution in [0.25, 0.3) is 0 Å². The second kappa shape index (κ2) is 15.3. The standard InChI is InChI=1S/C18H37NO2.H2O/c1-4-5-6-7-8-9-10-11-12-13-14-15-16-19(2,3)17-18(20)21;/h4-17H2,1-3H3;1H2. The maximum absolute atomic E-state index is 10.7. The van der Waals surface area contributed by atoms with Crippen LogP contribution in [0.3, 0.4) is 0 Å². The Hall–Kier alpha value is -0.610. The molecule has 0 aromatic rings. The van der Waals surface area contributed by atoms with Crippen LogP contribution in [0, 0.1) is 0 Å². The summed E-state index contributed by atoms with van der Waals surface area (Å²) >= 11 is 0. The average Bonchev–Trinajstić information content (AvgIpc) is 2.38. The molecular weight excluding hydrogens is 278 g/mol. The summed E-state index contributed by atoms with van der Waals surface area (Å²) in [4.78, 5) is 10.7. The minimum Gasteiger partial charge on any atom is -0.870 e. The van der Waals surface area contributed by atoms with Crippen LogP contribution in [0.4, 0.5) is 0 Å². The Kier molecular flexibility index (Phi) is 16.4. The van der Waals surface area contributed by atoms with Crippen molar-refractivity contribution in [2.24, 2.45) is 0 Å². The van der Waals surface area contributed by atoms with Crippen molar-refractivity contribution < 1.29 is 19.9 Å². The van der Waals surface area contributed by atoms with Crippen molar-refractivity contribution in [1.82, 2.24) is 0 Å². The highest BCUT2D eigenvalue weighted by Crippen LogP contribution is 2.12. The first-order valence-corrected chi connectivity index (χ1v) is 9.02. The molecule has 0 aliphatic heterocycles. The zero-order valence-electron chi connectivity index (χ0n) is 15.1. The van der Waals surface area contributed by atoms with Gasteiger partial charge < -0.3 is 15.1 Å². The molecule has 22 heavy (non-hydrogen) atoms. The molecule has 0 saturated carbocycles. The fourth-order valence-corrected chi connectivity index (χ4v) is 2.83. The number of hydrogen-bond acceptors (Lipinski definition) is 2. The number of rotatable bonds is 15. The zero-order chi connectivity index (χ0) is 16.0. The van der Waals surface area contributed by atoms with Gasteiger partial charge in [-0.15, -0.1) is 0 Å². The molecule has 4 nitrogen and oxygen atoms in total. The summed E-state index contributed by atoms with van der Waals surface area (Å²) in [5.74, 6) is -0.695. The summed E-state index contributed by atoms with van der Waals surface area (Å²) in [5, 5.41) is 8.82. The molecule has 4 heteroatoms. The fourth-order valence-electron chi connectivity index (χ4n) is 2.83. The van der Waals surface area contributed by atoms with E-state index >= 15 is 0 Å². The number of carboxylic acid groups (broad SMARTS) is 1. The van der Waals surface area contributed by atoms with Gasteiger partial charge in [0.1, 0.15) is 0 Å². The lowest BCUT2D eigenvalue weighted by Crippen LogP contribution is -2.44. The minimum absolute atomic E-state index is 0. The average molecular weight is 318 g/mol. The second-order valence-corrected chi connectivity index (χ2v) is 7.10. The predicted molar refractivity (Wildman–Crippen MR) is 92.5 cm³/mol. The Morgan fingerprint density at radius 2 is 1.14 bits per heavy atom. The predicted octanol–water partition coefficient (Wildman–Crippen LogP) is 4.67. The number of quaternary nitrogens is 1. The number of unbranched alkanes of at least 4 members (excludes halogenated alkanes) is 11. The smallest absolute Gasteiger partial charge is 0.359 e. The number of carboxylic acids is 1.